The average Bonchev–Trinajstić information content (AvgIpc) is 2.15. The highest BCUT2D eigenvalue weighted by atomic mass is 31.2. The summed E-state index contributed by atoms with van der Waals surface area (Å²) < 4.78 is 15.2. The van der Waals surface area contributed by atoms with E-state index in [2.05, 4.69) is 10.1 Å². The lowest BCUT2D eigenvalue weighted by atomic mass is 9.96. The number of hydrogen-bond acceptors (Lipinski definition) is 4. The first-order valence-corrected chi connectivity index (χ1v) is 7.01. The molecule has 0 aromatic carbocycles. The van der Waals surface area contributed by atoms with Crippen LogP contribution in [0.1, 0.15) is 12.8 Å². The molecule has 1 aliphatic rings. The molecule has 4 N–H and O–H groups in total. The van der Waals surface area contributed by atoms with E-state index >= 15 is 0 Å². The van der Waals surface area contributed by atoms with Crippen molar-refractivity contribution in [1.82, 2.24) is 5.32 Å². The Bertz CT molecular complexity index is 338. The van der Waals surface area contributed by atoms with Crippen molar-refractivity contribution in [3.05, 3.63) is 12.2 Å². The number of allylic oxidation sites excluding steroid dienone is 2. The summed E-state index contributed by atoms with van der Waals surface area (Å²) in [4.78, 5) is 27.7. The molecule has 0 saturated carbocycles. The van der Waals surface area contributed by atoms with Crippen molar-refractivity contribution >= 4 is 13.8 Å². The van der Waals surface area contributed by atoms with Crippen molar-refractivity contribution in [2.24, 2.45) is 5.92 Å². The highest BCUT2D eigenvalue weighted by molar-refractivity contribution is 7.51. The van der Waals surface area contributed by atoms with Gasteiger partial charge in [0.2, 0.25) is 0 Å². The van der Waals surface area contributed by atoms with Gasteiger partial charge in [0.1, 0.15) is 0 Å². The second-order valence-electron chi connectivity index (χ2n) is 3.89. The van der Waals surface area contributed by atoms with E-state index in [4.69, 9.17) is 14.9 Å². The summed E-state index contributed by atoms with van der Waals surface area (Å²) in [6.45, 7) is 0.614. The van der Waals surface area contributed by atoms with Crippen LogP contribution >= 0.6 is 7.60 Å². The molecule has 0 aromatic heterocycles. The van der Waals surface area contributed by atoms with Crippen molar-refractivity contribution in [3.63, 3.8) is 0 Å². The third-order valence-corrected chi connectivity index (χ3v) is 3.09. The number of nitrogens with one attached hydrogen (secondary N) is 1. The molecule has 2 atom stereocenters. The van der Waals surface area contributed by atoms with Crippen LogP contribution < -0.4 is 5.32 Å². The van der Waals surface area contributed by atoms with Crippen molar-refractivity contribution in [3.8, 4) is 0 Å². The Labute approximate surface area is 98.6 Å². The molecular weight excluding hydrogens is 249 g/mol. The van der Waals surface area contributed by atoms with Crippen molar-refractivity contribution in [2.45, 2.75) is 19.1 Å². The molecule has 1 rings (SSSR count). The molecule has 0 aliphatic carbocycles. The van der Waals surface area contributed by atoms with E-state index in [-0.39, 0.29) is 12.1 Å². The predicted octanol–water partition coefficient (Wildman–Crippen LogP) is 0.741. The lowest BCUT2D eigenvalue weighted by molar-refractivity contribution is 0.0179. The summed E-state index contributed by atoms with van der Waals surface area (Å²) in [6, 6.07) is 0. The van der Waals surface area contributed by atoms with E-state index in [1.54, 1.807) is 6.08 Å². The second-order valence-corrected chi connectivity index (χ2v) is 5.58. The summed E-state index contributed by atoms with van der Waals surface area (Å²) in [5.41, 5.74) is 0. The number of carbonyl (C=O) groups is 1. The Hall–Kier alpha value is -0.880. The fourth-order valence-corrected chi connectivity index (χ4v) is 2.08. The number of hydrogen-bond donors (Lipinski definition) is 4. The Morgan fingerprint density at radius 1 is 1.53 bits per heavy atom. The summed E-state index contributed by atoms with van der Waals surface area (Å²) in [7, 11) is -4.00. The van der Waals surface area contributed by atoms with E-state index in [1.165, 1.54) is 6.08 Å². The van der Waals surface area contributed by atoms with Crippen LogP contribution in [0.4, 0.5) is 4.79 Å². The molecule has 8 heteroatoms. The number of rotatable bonds is 4. The summed E-state index contributed by atoms with van der Waals surface area (Å²) in [5, 5.41) is 11.3. The van der Waals surface area contributed by atoms with Crippen molar-refractivity contribution < 1.29 is 29.0 Å². The predicted molar refractivity (Wildman–Crippen MR) is 59.7 cm³/mol. The van der Waals surface area contributed by atoms with Gasteiger partial charge in [-0.3, -0.25) is 9.88 Å². The summed E-state index contributed by atoms with van der Waals surface area (Å²) in [5.74, 6) is 0.0761. The van der Waals surface area contributed by atoms with Gasteiger partial charge in [-0.05, 0) is 18.9 Å². The van der Waals surface area contributed by atoms with Crippen LogP contribution in [0.25, 0.3) is 0 Å². The minimum atomic E-state index is -4.00. The number of piperidine rings is 1. The number of carboxylic acid groups (broad SMARTS) is 1. The maximum absolute atomic E-state index is 10.6. The zero-order valence-electron chi connectivity index (χ0n) is 9.15. The smallest absolute Gasteiger partial charge is 0.450 e. The van der Waals surface area contributed by atoms with Crippen molar-refractivity contribution in [2.75, 3.05) is 12.7 Å². The topological polar surface area (TPSA) is 116 Å². The third kappa shape index (κ3) is 6.43. The van der Waals surface area contributed by atoms with Gasteiger partial charge >= 0.3 is 13.8 Å². The zero-order chi connectivity index (χ0) is 12.9. The molecule has 0 amide bonds. The molecule has 1 aliphatic heterocycles. The minimum absolute atomic E-state index is 0.0761. The average molecular weight is 265 g/mol. The van der Waals surface area contributed by atoms with Crippen LogP contribution in [0.3, 0.4) is 0 Å². The van der Waals surface area contributed by atoms with E-state index in [0.717, 1.165) is 6.42 Å². The highest BCUT2D eigenvalue weighted by Gasteiger charge is 2.22. The van der Waals surface area contributed by atoms with Gasteiger partial charge in [-0.2, -0.15) is 0 Å². The van der Waals surface area contributed by atoms with E-state index < -0.39 is 20.0 Å². The first kappa shape index (κ1) is 14.2. The number of ether oxygens (including phenoxy) is 1. The van der Waals surface area contributed by atoms with Crippen LogP contribution in [0, 0.1) is 5.92 Å². The van der Waals surface area contributed by atoms with E-state index in [1.807, 2.05) is 0 Å². The van der Waals surface area contributed by atoms with Gasteiger partial charge in [0, 0.05) is 6.42 Å². The van der Waals surface area contributed by atoms with Crippen LogP contribution in [0.2, 0.25) is 0 Å². The molecule has 1 saturated heterocycles. The maximum Gasteiger partial charge on any atom is 0.507 e. The Balaban J connectivity index is 2.39. The standard InChI is InChI=1S/C9H16NO6P/c11-9(12)16-8-6-7(3-4-10-8)2-1-5-17(13,14)15/h1-2,7-8,10H,3-6H2,(H,11,12)(H2,13,14,15)/t7-,8-/m1/s1. The Morgan fingerprint density at radius 3 is 2.82 bits per heavy atom. The molecule has 1 fully saturated rings. The van der Waals surface area contributed by atoms with E-state index in [0.29, 0.717) is 13.0 Å². The van der Waals surface area contributed by atoms with Gasteiger partial charge in [0.05, 0.1) is 6.16 Å². The fraction of sp³-hybridized carbons (Fsp3) is 0.667. The molecular formula is C9H16NO6P. The zero-order valence-corrected chi connectivity index (χ0v) is 10.0. The lowest BCUT2D eigenvalue weighted by Crippen LogP contribution is -2.40. The van der Waals surface area contributed by atoms with Gasteiger partial charge in [0.15, 0.2) is 6.23 Å². The molecule has 17 heavy (non-hydrogen) atoms. The van der Waals surface area contributed by atoms with Gasteiger partial charge in [-0.25, -0.2) is 4.79 Å². The van der Waals surface area contributed by atoms with Gasteiger partial charge < -0.3 is 19.6 Å². The molecule has 0 spiro atoms. The largest absolute Gasteiger partial charge is 0.507 e. The fourth-order valence-electron chi connectivity index (χ4n) is 1.68. The first-order chi connectivity index (χ1) is 7.87. The van der Waals surface area contributed by atoms with Crippen LogP contribution in [0.5, 0.6) is 0 Å². The second kappa shape index (κ2) is 6.16. The van der Waals surface area contributed by atoms with Crippen LogP contribution in [-0.2, 0) is 9.30 Å². The van der Waals surface area contributed by atoms with Gasteiger partial charge in [-0.15, -0.1) is 0 Å². The minimum Gasteiger partial charge on any atom is -0.450 e. The lowest BCUT2D eigenvalue weighted by Gasteiger charge is -2.27. The van der Waals surface area contributed by atoms with Gasteiger partial charge in [0.25, 0.3) is 0 Å². The molecule has 0 radical (unpaired) electrons. The molecule has 0 aromatic rings. The quantitative estimate of drug-likeness (QED) is 0.336. The third-order valence-electron chi connectivity index (χ3n) is 2.40. The molecule has 0 unspecified atom stereocenters. The Kier molecular flexibility index (Phi) is 5.14. The Morgan fingerprint density at radius 2 is 2.24 bits per heavy atom. The van der Waals surface area contributed by atoms with E-state index in [9.17, 15) is 9.36 Å². The van der Waals surface area contributed by atoms with Gasteiger partial charge in [-0.1, -0.05) is 12.2 Å². The maximum atomic E-state index is 10.6. The highest BCUT2D eigenvalue weighted by Crippen LogP contribution is 2.34. The van der Waals surface area contributed by atoms with Crippen LogP contribution in [0.15, 0.2) is 12.2 Å². The molecule has 98 valence electrons. The molecule has 1 heterocycles. The monoisotopic (exact) mass is 265 g/mol. The van der Waals surface area contributed by atoms with Crippen LogP contribution in [-0.4, -0.2) is 40.0 Å². The summed E-state index contributed by atoms with van der Waals surface area (Å²) >= 11 is 0. The first-order valence-electron chi connectivity index (χ1n) is 5.21. The normalized spacial score (nSPS) is 26.0. The SMILES string of the molecule is O=C(O)O[C@@H]1C[C@H](C=CCP(=O)(O)O)CCN1. The molecule has 0 bridgehead atoms. The molecule has 7 nitrogen and oxygen atoms in total. The summed E-state index contributed by atoms with van der Waals surface area (Å²) in [6.07, 6.45) is 2.24. The van der Waals surface area contributed by atoms with Crippen molar-refractivity contribution in [1.29, 1.82) is 0 Å².